The molecule has 1 heterocycles. The van der Waals surface area contributed by atoms with Crippen molar-refractivity contribution >= 4 is 38.4 Å². The average molecular weight is 518 g/mol. The maximum Gasteiger partial charge on any atom is 0.302 e. The number of hydrogen-bond acceptors (Lipinski definition) is 7. The summed E-state index contributed by atoms with van der Waals surface area (Å²) in [5.74, 6) is 1.39. The van der Waals surface area contributed by atoms with Crippen molar-refractivity contribution in [2.75, 3.05) is 18.1 Å². The highest BCUT2D eigenvalue weighted by atomic mass is 32.2. The van der Waals surface area contributed by atoms with Gasteiger partial charge in [0.05, 0.1) is 37.0 Å². The Bertz CT molecular complexity index is 1190. The van der Waals surface area contributed by atoms with Gasteiger partial charge in [0.1, 0.15) is 0 Å². The Morgan fingerprint density at radius 3 is 2.46 bits per heavy atom. The molecule has 1 aliphatic carbocycles. The molecule has 0 saturated heterocycles. The van der Waals surface area contributed by atoms with Gasteiger partial charge in [0.15, 0.2) is 11.5 Å². The van der Waals surface area contributed by atoms with E-state index in [-0.39, 0.29) is 23.1 Å². The first-order valence-corrected chi connectivity index (χ1v) is 14.5. The normalized spacial score (nSPS) is 18.9. The minimum absolute atomic E-state index is 0.0622. The lowest BCUT2D eigenvalue weighted by Gasteiger charge is -2.29. The summed E-state index contributed by atoms with van der Waals surface area (Å²) in [5.41, 5.74) is 3.05. The number of thioether (sulfide) groups is 1. The number of anilines is 1. The zero-order valence-corrected chi connectivity index (χ0v) is 21.8. The molecule has 8 nitrogen and oxygen atoms in total. The molecule has 0 aromatic heterocycles. The first-order chi connectivity index (χ1) is 16.8. The summed E-state index contributed by atoms with van der Waals surface area (Å²) >= 11 is 1.27. The molecular formula is C25H31N3O5S2. The number of hydrogen-bond donors (Lipinski definition) is 1. The average Bonchev–Trinajstić information content (AvgIpc) is 3.33. The smallest absolute Gasteiger partial charge is 0.302 e. The Kier molecular flexibility index (Phi) is 7.91. The predicted octanol–water partition coefficient (Wildman–Crippen LogP) is 5.24. The molecule has 1 fully saturated rings. The van der Waals surface area contributed by atoms with E-state index in [2.05, 4.69) is 4.72 Å². The van der Waals surface area contributed by atoms with Gasteiger partial charge in [0, 0.05) is 11.3 Å². The molecule has 0 spiro atoms. The number of nitrogens with one attached hydrogen (secondary N) is 1. The van der Waals surface area contributed by atoms with Crippen molar-refractivity contribution in [3.8, 4) is 11.5 Å². The zero-order valence-electron chi connectivity index (χ0n) is 20.2. The van der Waals surface area contributed by atoms with Crippen molar-refractivity contribution in [2.45, 2.75) is 56.9 Å². The molecule has 1 saturated carbocycles. The Morgan fingerprint density at radius 1 is 1.11 bits per heavy atom. The summed E-state index contributed by atoms with van der Waals surface area (Å²) in [5, 5.41) is 6.05. The van der Waals surface area contributed by atoms with Crippen molar-refractivity contribution in [1.82, 2.24) is 5.01 Å². The van der Waals surface area contributed by atoms with Gasteiger partial charge in [-0.05, 0) is 68.0 Å². The van der Waals surface area contributed by atoms with Gasteiger partial charge in [-0.15, -0.1) is 0 Å². The molecule has 2 aliphatic rings. The van der Waals surface area contributed by atoms with E-state index in [0.717, 1.165) is 42.4 Å². The number of rotatable bonds is 9. The number of benzene rings is 2. The number of amides is 1. The molecule has 1 aliphatic heterocycles. The third-order valence-electron chi connectivity index (χ3n) is 6.00. The van der Waals surface area contributed by atoms with E-state index in [0.29, 0.717) is 17.2 Å². The number of carbonyl (C=O) groups is 1. The quantitative estimate of drug-likeness (QED) is 0.489. The molecule has 188 valence electrons. The second kappa shape index (κ2) is 10.9. The first-order valence-electron chi connectivity index (χ1n) is 11.7. The van der Waals surface area contributed by atoms with Crippen LogP contribution in [0.4, 0.5) is 10.5 Å². The van der Waals surface area contributed by atoms with Crippen LogP contribution in [-0.2, 0) is 16.6 Å². The third kappa shape index (κ3) is 6.49. The van der Waals surface area contributed by atoms with E-state index >= 15 is 0 Å². The second-order valence-electron chi connectivity index (χ2n) is 8.78. The van der Waals surface area contributed by atoms with Crippen molar-refractivity contribution in [1.29, 1.82) is 0 Å². The van der Waals surface area contributed by atoms with E-state index in [4.69, 9.17) is 14.6 Å². The maximum atomic E-state index is 12.8. The maximum absolute atomic E-state index is 12.8. The minimum Gasteiger partial charge on any atom is -0.493 e. The summed E-state index contributed by atoms with van der Waals surface area (Å²) in [6, 6.07) is 12.7. The highest BCUT2D eigenvalue weighted by molar-refractivity contribution is 8.14. The van der Waals surface area contributed by atoms with E-state index < -0.39 is 10.0 Å². The van der Waals surface area contributed by atoms with Crippen LogP contribution >= 0.6 is 11.8 Å². The summed E-state index contributed by atoms with van der Waals surface area (Å²) in [6.07, 6.45) is 6.51. The van der Waals surface area contributed by atoms with Crippen LogP contribution in [0.25, 0.3) is 0 Å². The Balaban J connectivity index is 1.59. The number of hydrazone groups is 1. The summed E-state index contributed by atoms with van der Waals surface area (Å²) < 4.78 is 37.1. The first kappa shape index (κ1) is 25.4. The van der Waals surface area contributed by atoms with Crippen molar-refractivity contribution in [3.05, 3.63) is 53.6 Å². The number of sulfonamides is 1. The topological polar surface area (TPSA) is 97.3 Å². The van der Waals surface area contributed by atoms with Crippen LogP contribution in [0.5, 0.6) is 11.5 Å². The molecule has 35 heavy (non-hydrogen) atoms. The number of methoxy groups -OCH3 is 1. The molecule has 4 rings (SSSR count). The lowest BCUT2D eigenvalue weighted by Crippen LogP contribution is -2.34. The molecule has 2 aromatic carbocycles. The minimum atomic E-state index is -3.35. The fourth-order valence-electron chi connectivity index (χ4n) is 4.27. The van der Waals surface area contributed by atoms with Crippen LogP contribution in [0.15, 0.2) is 47.6 Å². The lowest BCUT2D eigenvalue weighted by atomic mass is 10.0. The van der Waals surface area contributed by atoms with Gasteiger partial charge < -0.3 is 9.47 Å². The van der Waals surface area contributed by atoms with Crippen molar-refractivity contribution in [2.24, 2.45) is 5.10 Å². The molecule has 1 amide bonds. The van der Waals surface area contributed by atoms with Gasteiger partial charge in [0.2, 0.25) is 10.0 Å². The molecule has 1 unspecified atom stereocenters. The Morgan fingerprint density at radius 2 is 1.83 bits per heavy atom. The number of nitrogens with zero attached hydrogens (tertiary/aromatic N) is 2. The molecule has 0 bridgehead atoms. The number of carbonyl (C=O) groups excluding carboxylic acids is 1. The molecule has 10 heteroatoms. The van der Waals surface area contributed by atoms with E-state index in [9.17, 15) is 13.2 Å². The second-order valence-corrected chi connectivity index (χ2v) is 11.7. The van der Waals surface area contributed by atoms with Gasteiger partial charge in [-0.3, -0.25) is 9.52 Å². The molecule has 1 atom stereocenters. The summed E-state index contributed by atoms with van der Waals surface area (Å²) in [7, 11) is -1.71. The molecule has 2 aromatic rings. The Labute approximate surface area is 211 Å². The van der Waals surface area contributed by atoms with Crippen LogP contribution in [-0.4, -0.2) is 49.1 Å². The number of ether oxygens (including phenoxy) is 2. The van der Waals surface area contributed by atoms with E-state index in [1.807, 2.05) is 25.1 Å². The van der Waals surface area contributed by atoms with Gasteiger partial charge in [-0.2, -0.15) is 5.10 Å². The fourth-order valence-corrected chi connectivity index (χ4v) is 5.77. The van der Waals surface area contributed by atoms with Gasteiger partial charge in [-0.25, -0.2) is 13.4 Å². The highest BCUT2D eigenvalue weighted by Crippen LogP contribution is 2.36. The van der Waals surface area contributed by atoms with Crippen molar-refractivity contribution in [3.63, 3.8) is 0 Å². The summed E-state index contributed by atoms with van der Waals surface area (Å²) in [4.78, 5) is 12.8. The van der Waals surface area contributed by atoms with E-state index in [1.165, 1.54) is 29.6 Å². The lowest BCUT2D eigenvalue weighted by molar-refractivity contribution is 0.201. The van der Waals surface area contributed by atoms with Gasteiger partial charge in [-0.1, -0.05) is 30.8 Å². The van der Waals surface area contributed by atoms with Crippen molar-refractivity contribution < 1.29 is 22.7 Å². The predicted molar refractivity (Wildman–Crippen MR) is 140 cm³/mol. The zero-order chi connectivity index (χ0) is 25.0. The van der Waals surface area contributed by atoms with Crippen LogP contribution in [0.1, 0.15) is 50.2 Å². The van der Waals surface area contributed by atoms with E-state index in [1.54, 1.807) is 31.4 Å². The third-order valence-corrected chi connectivity index (χ3v) is 7.86. The van der Waals surface area contributed by atoms with Crippen LogP contribution in [0, 0.1) is 0 Å². The van der Waals surface area contributed by atoms with Crippen LogP contribution in [0.2, 0.25) is 0 Å². The molecular weight excluding hydrogens is 486 g/mol. The SMILES string of the molecule is CCC1SC(=O)N(Cc2ccc(NS(C)(=O)=O)cc2)N=C1c1ccc(OC)c(OC2CCCC2)c1. The highest BCUT2D eigenvalue weighted by Gasteiger charge is 2.31. The standard InChI is InChI=1S/C25H31N3O5S2/c1-4-23-24(18-11-14-21(32-2)22(15-18)33-20-7-5-6-8-20)26-28(25(29)34-23)16-17-9-12-19(13-10-17)27-35(3,30)31/h9-15,20,23,27H,4-8,16H2,1-3H3. The molecule has 0 radical (unpaired) electrons. The van der Waals surface area contributed by atoms with Gasteiger partial charge >= 0.3 is 5.24 Å². The summed E-state index contributed by atoms with van der Waals surface area (Å²) in [6.45, 7) is 2.33. The largest absolute Gasteiger partial charge is 0.493 e. The Hall–Kier alpha value is -2.72. The molecule has 1 N–H and O–H groups in total. The van der Waals surface area contributed by atoms with Gasteiger partial charge in [0.25, 0.3) is 0 Å². The fraction of sp³-hybridized carbons (Fsp3) is 0.440. The van der Waals surface area contributed by atoms with Crippen LogP contribution in [0.3, 0.4) is 0 Å². The monoisotopic (exact) mass is 517 g/mol. The van der Waals surface area contributed by atoms with Crippen LogP contribution < -0.4 is 14.2 Å².